The molecule has 0 saturated heterocycles. The van der Waals surface area contributed by atoms with E-state index in [0.29, 0.717) is 0 Å². The van der Waals surface area contributed by atoms with Crippen molar-refractivity contribution in [3.05, 3.63) is 285 Å². The van der Waals surface area contributed by atoms with Gasteiger partial charge >= 0.3 is 0 Å². The highest BCUT2D eigenvalue weighted by Crippen LogP contribution is 2.45. The second-order valence-corrected chi connectivity index (χ2v) is 24.2. The van der Waals surface area contributed by atoms with Crippen LogP contribution in [0, 0.1) is 76.2 Å². The number of hydrogen-bond acceptors (Lipinski definition) is 6. The molecule has 3 aromatic heterocycles. The van der Waals surface area contributed by atoms with E-state index in [1.54, 1.807) is 21.3 Å². The molecule has 87 heavy (non-hydrogen) atoms. The number of rotatable bonds is 6. The van der Waals surface area contributed by atoms with Gasteiger partial charge in [-0.05, 0) is 253 Å². The van der Waals surface area contributed by atoms with Crippen molar-refractivity contribution in [1.82, 2.24) is 15.0 Å². The largest absolute Gasteiger partial charge is 0.495 e. The highest BCUT2D eigenvalue weighted by Gasteiger charge is 2.32. The van der Waals surface area contributed by atoms with Crippen LogP contribution < -0.4 is 9.47 Å². The van der Waals surface area contributed by atoms with Crippen molar-refractivity contribution in [2.24, 2.45) is 15.0 Å². The predicted molar refractivity (Wildman–Crippen MR) is 359 cm³/mol. The van der Waals surface area contributed by atoms with E-state index >= 15 is 0 Å². The zero-order valence-corrected chi connectivity index (χ0v) is 52.4. The van der Waals surface area contributed by atoms with E-state index in [4.69, 9.17) is 29.2 Å². The van der Waals surface area contributed by atoms with Gasteiger partial charge in [0.2, 0.25) is 0 Å². The third-order valence-corrected chi connectivity index (χ3v) is 17.4. The van der Waals surface area contributed by atoms with Gasteiger partial charge in [0, 0.05) is 85.8 Å². The first-order valence-electron chi connectivity index (χ1n) is 29.9. The first kappa shape index (κ1) is 56.3. The molecule has 9 heteroatoms. The number of fused-ring (bicyclic) bond motifs is 21. The number of aromatic amines is 3. The summed E-state index contributed by atoms with van der Waals surface area (Å²) in [5.41, 5.74) is 39.8. The van der Waals surface area contributed by atoms with Crippen LogP contribution in [0.2, 0.25) is 0 Å². The molecule has 1 atom stereocenters. The number of aryl methyl sites for hydroxylation is 11. The van der Waals surface area contributed by atoms with E-state index in [-0.39, 0.29) is 0 Å². The number of hydrogen-bond donors (Lipinski definition) is 3. The van der Waals surface area contributed by atoms with Crippen molar-refractivity contribution in [2.45, 2.75) is 89.2 Å². The van der Waals surface area contributed by atoms with Crippen LogP contribution in [0.3, 0.4) is 0 Å². The minimum atomic E-state index is -0.489. The van der Waals surface area contributed by atoms with Gasteiger partial charge in [-0.3, -0.25) is 0 Å². The molecule has 5 aromatic carbocycles. The first-order valence-corrected chi connectivity index (χ1v) is 29.9. The Bertz CT molecular complexity index is 4670. The zero-order chi connectivity index (χ0) is 60.9. The normalized spacial score (nSPS) is 18.6. The molecule has 7 heterocycles. The zero-order valence-electron chi connectivity index (χ0n) is 52.4. The average Bonchev–Trinajstić information content (AvgIpc) is 2.30. The lowest BCUT2D eigenvalue weighted by Gasteiger charge is -2.23. The SMILES string of the molecule is COc1c2cc(C)cc1-c1ccc([nH]1)/C(c1c(C)cc(C)cc1C)=C1/C=CC(=N1)C1=C=C(C)C=C(c3ccc([nH]3)/C(c3c(C)cc(C)cc3C)=C3/C=CC(=N3)c3cc(C)cc(c3OC)-c3ccc([nH]3)/C(c3c(C)cc(C)cc3C)=C3/C=CC2=N3)C1OC. The van der Waals surface area contributed by atoms with E-state index in [9.17, 15) is 0 Å². The average molecular weight is 1140 g/mol. The second-order valence-electron chi connectivity index (χ2n) is 24.2. The van der Waals surface area contributed by atoms with E-state index in [2.05, 4.69) is 243 Å². The molecule has 18 bridgehead atoms. The minimum Gasteiger partial charge on any atom is -0.495 e. The molecule has 0 spiro atoms. The molecule has 0 fully saturated rings. The van der Waals surface area contributed by atoms with Crippen molar-refractivity contribution in [1.29, 1.82) is 0 Å². The fourth-order valence-corrected chi connectivity index (χ4v) is 14.2. The number of ether oxygens (including phenoxy) is 3. The standard InChI is InChI=1S/C78H72N6O3/c1-40-28-46(7)70(47(8)29-40)73-64-22-16-58(79-64)52-34-43(4)36-54(76(52)85-13)60-18-24-66(81-60)74(71-48(9)30-41(2)31-49(71)10)68-26-20-62(83-68)56-38-45(6)39-57(78(56)87-15)63-21-27-69(84-63)75(72-50(11)32-42(3)33-51(72)12)67-25-19-61(82-67)55-37-44(5)35-53(77(55)86-14)59-17-23-65(73)80-59/h16-38,78-79,82-83H,1-15H3/b73-65+,74-66+,75-69+. The number of aliphatic imine (C=N–C) groups is 3. The van der Waals surface area contributed by atoms with Crippen LogP contribution in [-0.2, 0) is 4.74 Å². The van der Waals surface area contributed by atoms with Gasteiger partial charge in [0.15, 0.2) is 0 Å². The number of methoxy groups -OCH3 is 3. The van der Waals surface area contributed by atoms with E-state index in [0.717, 1.165) is 186 Å². The second kappa shape index (κ2) is 21.9. The van der Waals surface area contributed by atoms with E-state index in [1.807, 2.05) is 0 Å². The molecule has 432 valence electrons. The summed E-state index contributed by atoms with van der Waals surface area (Å²) in [4.78, 5) is 28.4. The third kappa shape index (κ3) is 9.87. The van der Waals surface area contributed by atoms with Crippen LogP contribution in [0.15, 0.2) is 189 Å². The van der Waals surface area contributed by atoms with E-state index < -0.39 is 6.10 Å². The van der Waals surface area contributed by atoms with Crippen molar-refractivity contribution < 1.29 is 14.2 Å². The summed E-state index contributed by atoms with van der Waals surface area (Å²) in [5.74, 6) is 1.45. The van der Waals surface area contributed by atoms with Gasteiger partial charge < -0.3 is 29.2 Å². The minimum absolute atomic E-state index is 0.489. The summed E-state index contributed by atoms with van der Waals surface area (Å²) in [6.07, 6.45) is 14.5. The number of allylic oxidation sites excluding steroid dienone is 7. The summed E-state index contributed by atoms with van der Waals surface area (Å²) >= 11 is 0. The Hall–Kier alpha value is -9.79. The third-order valence-electron chi connectivity index (χ3n) is 17.4. The Balaban J connectivity index is 1.07. The lowest BCUT2D eigenvalue weighted by atomic mass is 9.90. The van der Waals surface area contributed by atoms with Crippen molar-refractivity contribution in [3.8, 4) is 34.0 Å². The molecular weight excluding hydrogens is 1070 g/mol. The summed E-state index contributed by atoms with van der Waals surface area (Å²) in [6, 6.07) is 35.3. The molecule has 13 rings (SSSR count). The first-order chi connectivity index (χ1) is 41.9. The fourth-order valence-electron chi connectivity index (χ4n) is 14.2. The maximum absolute atomic E-state index is 6.54. The summed E-state index contributed by atoms with van der Waals surface area (Å²) in [7, 11) is 5.27. The number of aromatic nitrogens is 3. The number of benzene rings is 5. The quantitative estimate of drug-likeness (QED) is 0.144. The molecule has 3 N–H and O–H groups in total. The Morgan fingerprint density at radius 2 is 0.690 bits per heavy atom. The monoisotopic (exact) mass is 1140 g/mol. The molecule has 0 saturated carbocycles. The van der Waals surface area contributed by atoms with E-state index in [1.165, 1.54) is 27.8 Å². The van der Waals surface area contributed by atoms with Crippen molar-refractivity contribution in [2.75, 3.05) is 21.3 Å². The molecule has 9 nitrogen and oxygen atoms in total. The molecule has 1 unspecified atom stereocenters. The van der Waals surface area contributed by atoms with Gasteiger partial charge in [0.25, 0.3) is 0 Å². The lowest BCUT2D eigenvalue weighted by molar-refractivity contribution is 0.179. The summed E-state index contributed by atoms with van der Waals surface area (Å²) in [6.45, 7) is 26.0. The van der Waals surface area contributed by atoms with Gasteiger partial charge in [-0.2, -0.15) is 0 Å². The smallest absolute Gasteiger partial charge is 0.137 e. The van der Waals surface area contributed by atoms with Gasteiger partial charge in [0.1, 0.15) is 17.6 Å². The highest BCUT2D eigenvalue weighted by atomic mass is 16.5. The summed E-state index contributed by atoms with van der Waals surface area (Å²) in [5, 5.41) is 0. The molecule has 1 aliphatic carbocycles. The van der Waals surface area contributed by atoms with Crippen LogP contribution in [0.1, 0.15) is 119 Å². The van der Waals surface area contributed by atoms with Gasteiger partial charge in [-0.15, -0.1) is 5.73 Å². The van der Waals surface area contributed by atoms with Gasteiger partial charge in [-0.1, -0.05) is 53.1 Å². The maximum atomic E-state index is 6.54. The fraction of sp³-hybridized carbons (Fsp3) is 0.205. The summed E-state index contributed by atoms with van der Waals surface area (Å²) < 4.78 is 19.5. The number of nitrogens with one attached hydrogen (secondary N) is 3. The topological polar surface area (TPSA) is 112 Å². The molecule has 0 radical (unpaired) electrons. The predicted octanol–water partition coefficient (Wildman–Crippen LogP) is 17.7. The van der Waals surface area contributed by atoms with Crippen LogP contribution >= 0.6 is 0 Å². The highest BCUT2D eigenvalue weighted by molar-refractivity contribution is 6.17. The molecule has 0 amide bonds. The van der Waals surface area contributed by atoms with Crippen LogP contribution in [-0.4, -0.2) is 59.5 Å². The molecule has 5 aliphatic rings. The Morgan fingerprint density at radius 1 is 0.368 bits per heavy atom. The van der Waals surface area contributed by atoms with Crippen LogP contribution in [0.4, 0.5) is 0 Å². The Labute approximate surface area is 510 Å². The van der Waals surface area contributed by atoms with Crippen molar-refractivity contribution in [3.63, 3.8) is 0 Å². The molecule has 8 aromatic rings. The van der Waals surface area contributed by atoms with Crippen LogP contribution in [0.25, 0.3) is 44.8 Å². The Kier molecular flexibility index (Phi) is 14.2. The van der Waals surface area contributed by atoms with Crippen LogP contribution in [0.5, 0.6) is 11.5 Å². The Morgan fingerprint density at radius 3 is 1.07 bits per heavy atom. The molecular formula is C78H72N6O3. The lowest BCUT2D eigenvalue weighted by Crippen LogP contribution is -2.22. The van der Waals surface area contributed by atoms with Gasteiger partial charge in [-0.25, -0.2) is 15.0 Å². The molecule has 4 aliphatic heterocycles. The number of nitrogens with zero attached hydrogens (tertiary/aromatic N) is 3. The van der Waals surface area contributed by atoms with Crippen molar-refractivity contribution >= 4 is 39.4 Å². The van der Waals surface area contributed by atoms with Gasteiger partial charge in [0.05, 0.1) is 54.0 Å². The number of H-pyrrole nitrogens is 3. The maximum Gasteiger partial charge on any atom is 0.137 e.